The van der Waals surface area contributed by atoms with E-state index in [1.54, 1.807) is 6.92 Å². The second kappa shape index (κ2) is 9.76. The fourth-order valence-electron chi connectivity index (χ4n) is 1.87. The Morgan fingerprint density at radius 1 is 1.14 bits per heavy atom. The third-order valence-corrected chi connectivity index (χ3v) is 3.20. The molecule has 0 aliphatic carbocycles. The first-order valence-corrected chi connectivity index (χ1v) is 7.66. The van der Waals surface area contributed by atoms with Crippen molar-refractivity contribution in [2.45, 2.75) is 65.0 Å². The van der Waals surface area contributed by atoms with Gasteiger partial charge in [-0.25, -0.2) is 0 Å². The lowest BCUT2D eigenvalue weighted by Crippen LogP contribution is -2.48. The van der Waals surface area contributed by atoms with Crippen LogP contribution in [0.1, 0.15) is 53.9 Å². The minimum atomic E-state index is -0.411. The monoisotopic (exact) mass is 317 g/mol. The van der Waals surface area contributed by atoms with Crippen molar-refractivity contribution in [2.24, 2.45) is 5.84 Å². The summed E-state index contributed by atoms with van der Waals surface area (Å²) in [7, 11) is 0. The van der Waals surface area contributed by atoms with E-state index in [-0.39, 0.29) is 24.0 Å². The Balaban J connectivity index is 4.09. The van der Waals surface area contributed by atoms with E-state index in [9.17, 15) is 9.59 Å². The number of hydrazine groups is 1. The second-order valence-corrected chi connectivity index (χ2v) is 6.48. The van der Waals surface area contributed by atoms with Gasteiger partial charge in [0.2, 0.25) is 5.91 Å². The fraction of sp³-hybridized carbons (Fsp3) is 0.867. The standard InChI is InChI=1S/C15H31N3O4/c1-6-21-13(20)7-8-15(4,5)22-10-9-14(2,3)18-12(19)11-17-16/h17H,6-11,16H2,1-5H3,(H,18,19). The molecule has 0 aromatic rings. The first-order valence-electron chi connectivity index (χ1n) is 7.66. The third kappa shape index (κ3) is 10.5. The molecule has 1 amide bonds. The topological polar surface area (TPSA) is 103 Å². The normalized spacial score (nSPS) is 12.1. The quantitative estimate of drug-likeness (QED) is 0.297. The van der Waals surface area contributed by atoms with Crippen LogP contribution in [0.4, 0.5) is 0 Å². The van der Waals surface area contributed by atoms with Gasteiger partial charge in [-0.3, -0.25) is 20.9 Å². The van der Waals surface area contributed by atoms with E-state index < -0.39 is 5.60 Å². The van der Waals surface area contributed by atoms with Gasteiger partial charge >= 0.3 is 5.97 Å². The molecule has 0 aliphatic rings. The predicted molar refractivity (Wildman–Crippen MR) is 84.9 cm³/mol. The van der Waals surface area contributed by atoms with Gasteiger partial charge in [-0.2, -0.15) is 0 Å². The largest absolute Gasteiger partial charge is 0.466 e. The highest BCUT2D eigenvalue weighted by atomic mass is 16.5. The highest BCUT2D eigenvalue weighted by molar-refractivity contribution is 5.78. The molecule has 0 aromatic carbocycles. The zero-order chi connectivity index (χ0) is 17.2. The zero-order valence-corrected chi connectivity index (χ0v) is 14.5. The minimum Gasteiger partial charge on any atom is -0.466 e. The SMILES string of the molecule is CCOC(=O)CCC(C)(C)OCCC(C)(C)NC(=O)CNN. The van der Waals surface area contributed by atoms with Gasteiger partial charge in [-0.1, -0.05) is 0 Å². The summed E-state index contributed by atoms with van der Waals surface area (Å²) in [6.07, 6.45) is 1.59. The molecule has 0 atom stereocenters. The third-order valence-electron chi connectivity index (χ3n) is 3.20. The number of carbonyl (C=O) groups is 2. The Morgan fingerprint density at radius 2 is 1.77 bits per heavy atom. The van der Waals surface area contributed by atoms with Crippen LogP contribution in [-0.4, -0.2) is 42.8 Å². The number of hydrogen-bond donors (Lipinski definition) is 3. The maximum Gasteiger partial charge on any atom is 0.305 e. The average Bonchev–Trinajstić information content (AvgIpc) is 2.36. The van der Waals surface area contributed by atoms with Gasteiger partial charge in [-0.15, -0.1) is 0 Å². The molecule has 0 heterocycles. The van der Waals surface area contributed by atoms with Crippen molar-refractivity contribution in [3.8, 4) is 0 Å². The van der Waals surface area contributed by atoms with Crippen molar-refractivity contribution >= 4 is 11.9 Å². The maximum atomic E-state index is 11.5. The molecule has 4 N–H and O–H groups in total. The van der Waals surface area contributed by atoms with Gasteiger partial charge in [-0.05, 0) is 47.5 Å². The number of nitrogens with two attached hydrogens (primary N) is 1. The van der Waals surface area contributed by atoms with Crippen LogP contribution in [0.3, 0.4) is 0 Å². The molecule has 0 rings (SSSR count). The molecule has 0 fully saturated rings. The van der Waals surface area contributed by atoms with E-state index in [1.807, 2.05) is 27.7 Å². The lowest BCUT2D eigenvalue weighted by atomic mass is 10.00. The summed E-state index contributed by atoms with van der Waals surface area (Å²) in [5.41, 5.74) is 1.53. The summed E-state index contributed by atoms with van der Waals surface area (Å²) < 4.78 is 10.7. The molecule has 0 radical (unpaired) electrons. The summed E-state index contributed by atoms with van der Waals surface area (Å²) in [4.78, 5) is 22.9. The number of ether oxygens (including phenoxy) is 2. The van der Waals surface area contributed by atoms with Crippen LogP contribution in [0, 0.1) is 0 Å². The van der Waals surface area contributed by atoms with Crippen LogP contribution in [0.2, 0.25) is 0 Å². The highest BCUT2D eigenvalue weighted by Gasteiger charge is 2.24. The van der Waals surface area contributed by atoms with Crippen LogP contribution in [0.25, 0.3) is 0 Å². The summed E-state index contributed by atoms with van der Waals surface area (Å²) in [5, 5.41) is 2.87. The van der Waals surface area contributed by atoms with E-state index >= 15 is 0 Å². The summed E-state index contributed by atoms with van der Waals surface area (Å²) in [6, 6.07) is 0. The number of carbonyl (C=O) groups excluding carboxylic acids is 2. The molecule has 0 aliphatic heterocycles. The van der Waals surface area contributed by atoms with E-state index in [0.29, 0.717) is 32.5 Å². The van der Waals surface area contributed by atoms with E-state index in [0.717, 1.165) is 0 Å². The Hall–Kier alpha value is -1.18. The van der Waals surface area contributed by atoms with Gasteiger partial charge in [0, 0.05) is 18.6 Å². The molecule has 0 spiro atoms. The number of nitrogens with one attached hydrogen (secondary N) is 2. The Morgan fingerprint density at radius 3 is 2.32 bits per heavy atom. The first kappa shape index (κ1) is 20.8. The van der Waals surface area contributed by atoms with Crippen LogP contribution in [0.5, 0.6) is 0 Å². The average molecular weight is 317 g/mol. The molecular formula is C15H31N3O4. The van der Waals surface area contributed by atoms with E-state index in [1.165, 1.54) is 0 Å². The van der Waals surface area contributed by atoms with Crippen molar-refractivity contribution in [2.75, 3.05) is 19.8 Å². The predicted octanol–water partition coefficient (Wildman–Crippen LogP) is 0.873. The molecule has 7 nitrogen and oxygen atoms in total. The van der Waals surface area contributed by atoms with Gasteiger partial charge in [0.05, 0.1) is 18.8 Å². The molecule has 22 heavy (non-hydrogen) atoms. The van der Waals surface area contributed by atoms with E-state index in [4.69, 9.17) is 15.3 Å². The van der Waals surface area contributed by atoms with Gasteiger partial charge in [0.15, 0.2) is 0 Å². The molecule has 0 unspecified atom stereocenters. The maximum absolute atomic E-state index is 11.5. The lowest BCUT2D eigenvalue weighted by Gasteiger charge is -2.30. The van der Waals surface area contributed by atoms with Gasteiger partial charge in [0.25, 0.3) is 0 Å². The van der Waals surface area contributed by atoms with Crippen LogP contribution in [-0.2, 0) is 19.1 Å². The number of esters is 1. The van der Waals surface area contributed by atoms with Crippen molar-refractivity contribution in [1.82, 2.24) is 10.7 Å². The molecule has 0 saturated carbocycles. The van der Waals surface area contributed by atoms with Gasteiger partial charge < -0.3 is 14.8 Å². The summed E-state index contributed by atoms with van der Waals surface area (Å²) >= 11 is 0. The molecule has 0 saturated heterocycles. The van der Waals surface area contributed by atoms with Crippen molar-refractivity contribution in [3.63, 3.8) is 0 Å². The first-order chi connectivity index (χ1) is 10.1. The summed E-state index contributed by atoms with van der Waals surface area (Å²) in [5.74, 6) is 4.75. The van der Waals surface area contributed by atoms with Gasteiger partial charge in [0.1, 0.15) is 0 Å². The number of hydrogen-bond acceptors (Lipinski definition) is 6. The Labute approximate surface area is 133 Å². The molecule has 130 valence electrons. The Bertz CT molecular complexity index is 357. The van der Waals surface area contributed by atoms with Crippen LogP contribution in [0.15, 0.2) is 0 Å². The Kier molecular flexibility index (Phi) is 9.24. The van der Waals surface area contributed by atoms with E-state index in [2.05, 4.69) is 10.7 Å². The second-order valence-electron chi connectivity index (χ2n) is 6.48. The fourth-order valence-corrected chi connectivity index (χ4v) is 1.87. The number of amides is 1. The van der Waals surface area contributed by atoms with Crippen LogP contribution >= 0.6 is 0 Å². The van der Waals surface area contributed by atoms with Crippen LogP contribution < -0.4 is 16.6 Å². The lowest BCUT2D eigenvalue weighted by molar-refractivity contribution is -0.145. The van der Waals surface area contributed by atoms with Crippen molar-refractivity contribution in [1.29, 1.82) is 0 Å². The smallest absolute Gasteiger partial charge is 0.305 e. The van der Waals surface area contributed by atoms with Crippen molar-refractivity contribution < 1.29 is 19.1 Å². The molecule has 0 aromatic heterocycles. The highest BCUT2D eigenvalue weighted by Crippen LogP contribution is 2.19. The number of rotatable bonds is 11. The van der Waals surface area contributed by atoms with Crippen molar-refractivity contribution in [3.05, 3.63) is 0 Å². The minimum absolute atomic E-state index is 0.0787. The molecular weight excluding hydrogens is 286 g/mol. The molecule has 7 heteroatoms. The summed E-state index contributed by atoms with van der Waals surface area (Å²) in [6.45, 7) is 10.5. The zero-order valence-electron chi connectivity index (χ0n) is 14.5. The molecule has 0 bridgehead atoms.